The number of aromatic nitrogens is 2. The second-order valence-electron chi connectivity index (χ2n) is 2.42. The number of hydrogen-bond acceptors (Lipinski definition) is 5. The van der Waals surface area contributed by atoms with Gasteiger partial charge in [0.15, 0.2) is 5.16 Å². The molecule has 1 heterocycles. The monoisotopic (exact) mass is 215 g/mol. The van der Waals surface area contributed by atoms with Gasteiger partial charge in [-0.15, -0.1) is 0 Å². The summed E-state index contributed by atoms with van der Waals surface area (Å²) in [6.45, 7) is -0.0153. The molecule has 0 fully saturated rings. The van der Waals surface area contributed by atoms with Crippen LogP contribution in [0.3, 0.4) is 0 Å². The molecule has 14 heavy (non-hydrogen) atoms. The van der Waals surface area contributed by atoms with Gasteiger partial charge in [-0.1, -0.05) is 11.8 Å². The predicted octanol–water partition coefficient (Wildman–Crippen LogP) is -0.726. The van der Waals surface area contributed by atoms with Crippen LogP contribution in [0.15, 0.2) is 22.2 Å². The topological polar surface area (TPSA) is 109 Å². The molecule has 1 aromatic rings. The number of aromatic amines is 1. The maximum absolute atomic E-state index is 10.8. The molecule has 0 aliphatic carbocycles. The van der Waals surface area contributed by atoms with Crippen molar-refractivity contribution in [2.24, 2.45) is 5.73 Å². The zero-order chi connectivity index (χ0) is 10.6. The molecule has 0 saturated carbocycles. The Labute approximate surface area is 83.5 Å². The Bertz CT molecular complexity index is 378. The van der Waals surface area contributed by atoms with Gasteiger partial charge in [0, 0.05) is 18.8 Å². The SMILES string of the molecule is NCC(Sc1nccc(=O)[nH]1)C(=O)O. The number of carboxylic acid groups (broad SMARTS) is 1. The third-order valence-corrected chi connectivity index (χ3v) is 2.50. The van der Waals surface area contributed by atoms with Crippen LogP contribution in [0.5, 0.6) is 0 Å². The molecule has 1 aromatic heterocycles. The van der Waals surface area contributed by atoms with Crippen molar-refractivity contribution in [2.45, 2.75) is 10.4 Å². The van der Waals surface area contributed by atoms with Crippen molar-refractivity contribution in [3.05, 3.63) is 22.6 Å². The highest BCUT2D eigenvalue weighted by Gasteiger charge is 2.17. The number of carboxylic acids is 1. The summed E-state index contributed by atoms with van der Waals surface area (Å²) >= 11 is 0.920. The molecule has 1 atom stereocenters. The summed E-state index contributed by atoms with van der Waals surface area (Å²) in [6.07, 6.45) is 1.32. The van der Waals surface area contributed by atoms with E-state index in [9.17, 15) is 9.59 Å². The van der Waals surface area contributed by atoms with Crippen molar-refractivity contribution in [3.8, 4) is 0 Å². The molecule has 1 rings (SSSR count). The number of nitrogens with two attached hydrogens (primary N) is 1. The first-order valence-corrected chi connectivity index (χ1v) is 4.66. The highest BCUT2D eigenvalue weighted by Crippen LogP contribution is 2.16. The Balaban J connectivity index is 2.77. The molecule has 6 nitrogen and oxygen atoms in total. The number of nitrogens with one attached hydrogen (secondary N) is 1. The Kier molecular flexibility index (Phi) is 3.66. The second kappa shape index (κ2) is 4.77. The average Bonchev–Trinajstić information content (AvgIpc) is 2.14. The maximum Gasteiger partial charge on any atom is 0.318 e. The molecule has 0 aliphatic heterocycles. The van der Waals surface area contributed by atoms with E-state index in [4.69, 9.17) is 10.8 Å². The zero-order valence-corrected chi connectivity index (χ0v) is 7.95. The summed E-state index contributed by atoms with van der Waals surface area (Å²) in [7, 11) is 0. The van der Waals surface area contributed by atoms with Crippen LogP contribution in [0, 0.1) is 0 Å². The molecule has 0 aliphatic rings. The average molecular weight is 215 g/mol. The van der Waals surface area contributed by atoms with Gasteiger partial charge in [-0.05, 0) is 0 Å². The van der Waals surface area contributed by atoms with E-state index < -0.39 is 11.2 Å². The van der Waals surface area contributed by atoms with Crippen molar-refractivity contribution in [1.82, 2.24) is 9.97 Å². The van der Waals surface area contributed by atoms with Crippen molar-refractivity contribution in [2.75, 3.05) is 6.54 Å². The maximum atomic E-state index is 10.8. The third kappa shape index (κ3) is 2.86. The van der Waals surface area contributed by atoms with Crippen LogP contribution < -0.4 is 11.3 Å². The number of thioether (sulfide) groups is 1. The summed E-state index contributed by atoms with van der Waals surface area (Å²) in [5.41, 5.74) is 4.92. The molecule has 0 aromatic carbocycles. The van der Waals surface area contributed by atoms with E-state index in [1.54, 1.807) is 0 Å². The predicted molar refractivity (Wildman–Crippen MR) is 51.2 cm³/mol. The van der Waals surface area contributed by atoms with Gasteiger partial charge in [-0.3, -0.25) is 9.59 Å². The number of H-pyrrole nitrogens is 1. The Morgan fingerprint density at radius 1 is 1.79 bits per heavy atom. The van der Waals surface area contributed by atoms with E-state index >= 15 is 0 Å². The fraction of sp³-hybridized carbons (Fsp3) is 0.286. The lowest BCUT2D eigenvalue weighted by Crippen LogP contribution is -2.26. The fourth-order valence-corrected chi connectivity index (χ4v) is 1.49. The molecular weight excluding hydrogens is 206 g/mol. The van der Waals surface area contributed by atoms with E-state index in [2.05, 4.69) is 9.97 Å². The number of carbonyl (C=O) groups is 1. The number of hydrogen-bond donors (Lipinski definition) is 3. The van der Waals surface area contributed by atoms with Crippen molar-refractivity contribution in [3.63, 3.8) is 0 Å². The first-order valence-electron chi connectivity index (χ1n) is 3.78. The summed E-state index contributed by atoms with van der Waals surface area (Å²) in [5, 5.41) is 8.15. The lowest BCUT2D eigenvalue weighted by Gasteiger charge is -2.06. The van der Waals surface area contributed by atoms with Crippen LogP contribution in [0.2, 0.25) is 0 Å². The highest BCUT2D eigenvalue weighted by atomic mass is 32.2. The third-order valence-electron chi connectivity index (χ3n) is 1.39. The number of aliphatic carboxylic acids is 1. The quantitative estimate of drug-likeness (QED) is 0.451. The van der Waals surface area contributed by atoms with E-state index in [1.807, 2.05) is 0 Å². The Morgan fingerprint density at radius 3 is 3.00 bits per heavy atom. The lowest BCUT2D eigenvalue weighted by molar-refractivity contribution is -0.136. The summed E-state index contributed by atoms with van der Waals surface area (Å²) in [5.74, 6) is -1.02. The van der Waals surface area contributed by atoms with E-state index in [1.165, 1.54) is 12.3 Å². The van der Waals surface area contributed by atoms with Gasteiger partial charge in [0.1, 0.15) is 5.25 Å². The number of rotatable bonds is 4. The zero-order valence-electron chi connectivity index (χ0n) is 7.14. The standard InChI is InChI=1S/C7H9N3O3S/c8-3-4(6(12)13)14-7-9-2-1-5(11)10-7/h1-2,4H,3,8H2,(H,12,13)(H,9,10,11). The lowest BCUT2D eigenvalue weighted by atomic mass is 10.4. The highest BCUT2D eigenvalue weighted by molar-refractivity contribution is 8.00. The smallest absolute Gasteiger partial charge is 0.318 e. The first kappa shape index (κ1) is 10.7. The van der Waals surface area contributed by atoms with Gasteiger partial charge in [0.05, 0.1) is 0 Å². The van der Waals surface area contributed by atoms with Crippen LogP contribution >= 0.6 is 11.8 Å². The number of nitrogens with zero attached hydrogens (tertiary/aromatic N) is 1. The fourth-order valence-electron chi connectivity index (χ4n) is 0.746. The first-order chi connectivity index (χ1) is 6.63. The minimum atomic E-state index is -1.02. The molecular formula is C7H9N3O3S. The van der Waals surface area contributed by atoms with Crippen LogP contribution in [-0.2, 0) is 4.79 Å². The largest absolute Gasteiger partial charge is 0.480 e. The van der Waals surface area contributed by atoms with Crippen molar-refractivity contribution < 1.29 is 9.90 Å². The van der Waals surface area contributed by atoms with Crippen LogP contribution in [0.4, 0.5) is 0 Å². The summed E-state index contributed by atoms with van der Waals surface area (Å²) in [4.78, 5) is 27.6. The summed E-state index contributed by atoms with van der Waals surface area (Å²) < 4.78 is 0. The molecule has 76 valence electrons. The van der Waals surface area contributed by atoms with Crippen LogP contribution in [-0.4, -0.2) is 32.8 Å². The van der Waals surface area contributed by atoms with E-state index in [0.29, 0.717) is 0 Å². The van der Waals surface area contributed by atoms with E-state index in [-0.39, 0.29) is 17.3 Å². The van der Waals surface area contributed by atoms with Gasteiger partial charge in [-0.2, -0.15) is 0 Å². The van der Waals surface area contributed by atoms with Crippen LogP contribution in [0.1, 0.15) is 0 Å². The summed E-state index contributed by atoms with van der Waals surface area (Å²) in [6, 6.07) is 1.25. The minimum Gasteiger partial charge on any atom is -0.480 e. The van der Waals surface area contributed by atoms with Crippen LogP contribution in [0.25, 0.3) is 0 Å². The molecule has 4 N–H and O–H groups in total. The molecule has 0 amide bonds. The van der Waals surface area contributed by atoms with Gasteiger partial charge in [-0.25, -0.2) is 4.98 Å². The normalized spacial score (nSPS) is 12.4. The Morgan fingerprint density at radius 2 is 2.50 bits per heavy atom. The molecule has 0 saturated heterocycles. The Hall–Kier alpha value is -1.34. The van der Waals surface area contributed by atoms with Gasteiger partial charge in [0.2, 0.25) is 0 Å². The molecule has 0 bridgehead atoms. The minimum absolute atomic E-state index is 0.0153. The second-order valence-corrected chi connectivity index (χ2v) is 3.61. The van der Waals surface area contributed by atoms with Crippen molar-refractivity contribution in [1.29, 1.82) is 0 Å². The molecule has 1 unspecified atom stereocenters. The van der Waals surface area contributed by atoms with Gasteiger partial charge in [0.25, 0.3) is 5.56 Å². The van der Waals surface area contributed by atoms with Crippen molar-refractivity contribution >= 4 is 17.7 Å². The van der Waals surface area contributed by atoms with Gasteiger partial charge >= 0.3 is 5.97 Å². The molecule has 0 radical (unpaired) electrons. The molecule has 0 spiro atoms. The molecule has 7 heteroatoms. The van der Waals surface area contributed by atoms with E-state index in [0.717, 1.165) is 11.8 Å². The van der Waals surface area contributed by atoms with Gasteiger partial charge < -0.3 is 15.8 Å².